The predicted molar refractivity (Wildman–Crippen MR) is 131 cm³/mol. The number of rotatable bonds is 8. The minimum Gasteiger partial charge on any atom is -0.496 e. The normalized spacial score (nSPS) is 14.3. The zero-order valence-corrected chi connectivity index (χ0v) is 21.0. The van der Waals surface area contributed by atoms with Crippen LogP contribution in [0.25, 0.3) is 11.4 Å². The summed E-state index contributed by atoms with van der Waals surface area (Å²) in [5.74, 6) is 1.03. The van der Waals surface area contributed by atoms with Crippen LogP contribution in [0.2, 0.25) is 0 Å². The lowest BCUT2D eigenvalue weighted by atomic mass is 10.0. The van der Waals surface area contributed by atoms with Crippen LogP contribution in [0.15, 0.2) is 51.9 Å². The molecule has 9 nitrogen and oxygen atoms in total. The van der Waals surface area contributed by atoms with Crippen molar-refractivity contribution < 1.29 is 22.5 Å². The number of amides is 1. The summed E-state index contributed by atoms with van der Waals surface area (Å²) in [6.07, 6.45) is 2.95. The first-order valence-electron chi connectivity index (χ1n) is 11.7. The van der Waals surface area contributed by atoms with E-state index < -0.39 is 10.0 Å². The molecule has 35 heavy (non-hydrogen) atoms. The Kier molecular flexibility index (Phi) is 7.51. The maximum Gasteiger partial charge on any atom is 0.257 e. The monoisotopic (exact) mass is 498 g/mol. The van der Waals surface area contributed by atoms with Crippen LogP contribution in [-0.2, 0) is 16.6 Å². The summed E-state index contributed by atoms with van der Waals surface area (Å²) in [4.78, 5) is 19.0. The van der Waals surface area contributed by atoms with E-state index in [0.717, 1.165) is 24.8 Å². The van der Waals surface area contributed by atoms with Crippen LogP contribution < -0.4 is 9.46 Å². The molecule has 0 radical (unpaired) electrons. The van der Waals surface area contributed by atoms with Gasteiger partial charge in [-0.25, -0.2) is 13.1 Å². The van der Waals surface area contributed by atoms with Gasteiger partial charge in [0.1, 0.15) is 5.75 Å². The third kappa shape index (κ3) is 5.71. The van der Waals surface area contributed by atoms with Crippen LogP contribution in [0.3, 0.4) is 0 Å². The van der Waals surface area contributed by atoms with Gasteiger partial charge in [0.05, 0.1) is 24.1 Å². The molecule has 0 atom stereocenters. The summed E-state index contributed by atoms with van der Waals surface area (Å²) in [5, 5.41) is 3.96. The van der Waals surface area contributed by atoms with Crippen molar-refractivity contribution in [2.75, 3.05) is 20.2 Å². The summed E-state index contributed by atoms with van der Waals surface area (Å²) in [7, 11) is -2.49. The fraction of sp³-hybridized carbons (Fsp3) is 0.400. The van der Waals surface area contributed by atoms with Gasteiger partial charge < -0.3 is 14.2 Å². The highest BCUT2D eigenvalue weighted by Gasteiger charge is 2.25. The van der Waals surface area contributed by atoms with Gasteiger partial charge in [-0.3, -0.25) is 4.79 Å². The quantitative estimate of drug-likeness (QED) is 0.500. The van der Waals surface area contributed by atoms with Gasteiger partial charge in [0.2, 0.25) is 21.7 Å². The molecule has 2 aromatic carbocycles. The SMILES string of the molecule is COc1ccc(S(=O)(=O)NCc2nc(-c3ccc(C(C)C)cc3)no2)cc1C(=O)N1CCCCC1. The number of carbonyl (C=O) groups excluding carboxylic acids is 1. The Labute approximate surface area is 205 Å². The van der Waals surface area contributed by atoms with Crippen molar-refractivity contribution in [3.05, 3.63) is 59.5 Å². The molecule has 186 valence electrons. The smallest absolute Gasteiger partial charge is 0.257 e. The Morgan fingerprint density at radius 2 is 1.83 bits per heavy atom. The van der Waals surface area contributed by atoms with E-state index >= 15 is 0 Å². The summed E-state index contributed by atoms with van der Waals surface area (Å²) in [6.45, 7) is 5.35. The molecule has 0 spiro atoms. The molecule has 1 aliphatic rings. The molecule has 1 amide bonds. The maximum absolute atomic E-state index is 13.0. The number of nitrogens with zero attached hydrogens (tertiary/aromatic N) is 3. The minimum atomic E-state index is -3.94. The van der Waals surface area contributed by atoms with Gasteiger partial charge in [-0.05, 0) is 48.9 Å². The molecule has 3 aromatic rings. The molecule has 1 saturated heterocycles. The number of nitrogens with one attached hydrogen (secondary N) is 1. The van der Waals surface area contributed by atoms with Gasteiger partial charge in [-0.2, -0.15) is 4.98 Å². The lowest BCUT2D eigenvalue weighted by molar-refractivity contribution is 0.0720. The molecular weight excluding hydrogens is 468 g/mol. The second kappa shape index (κ2) is 10.6. The molecule has 1 N–H and O–H groups in total. The van der Waals surface area contributed by atoms with E-state index in [4.69, 9.17) is 9.26 Å². The van der Waals surface area contributed by atoms with Crippen molar-refractivity contribution in [2.45, 2.75) is 50.5 Å². The third-order valence-corrected chi connectivity index (χ3v) is 7.47. The minimum absolute atomic E-state index is 0.0392. The van der Waals surface area contributed by atoms with E-state index in [1.165, 1.54) is 30.9 Å². The van der Waals surface area contributed by atoms with Gasteiger partial charge in [0.15, 0.2) is 0 Å². The Bertz CT molecular complexity index is 1280. The van der Waals surface area contributed by atoms with Crippen molar-refractivity contribution in [1.29, 1.82) is 0 Å². The van der Waals surface area contributed by atoms with Gasteiger partial charge in [0, 0.05) is 18.7 Å². The Morgan fingerprint density at radius 3 is 2.49 bits per heavy atom. The molecule has 4 rings (SSSR count). The number of likely N-dealkylation sites (tertiary alicyclic amines) is 1. The first-order valence-corrected chi connectivity index (χ1v) is 13.2. The molecule has 1 fully saturated rings. The average Bonchev–Trinajstić information content (AvgIpc) is 3.36. The first-order chi connectivity index (χ1) is 16.8. The lowest BCUT2D eigenvalue weighted by Gasteiger charge is -2.27. The largest absolute Gasteiger partial charge is 0.496 e. The van der Waals surface area contributed by atoms with Crippen LogP contribution in [0, 0.1) is 0 Å². The molecule has 1 aromatic heterocycles. The molecule has 0 saturated carbocycles. The van der Waals surface area contributed by atoms with Crippen LogP contribution in [0.1, 0.15) is 60.8 Å². The van der Waals surface area contributed by atoms with Gasteiger partial charge in [-0.1, -0.05) is 43.3 Å². The number of sulfonamides is 1. The summed E-state index contributed by atoms with van der Waals surface area (Å²) >= 11 is 0. The molecule has 0 aliphatic carbocycles. The van der Waals surface area contributed by atoms with Crippen molar-refractivity contribution in [3.63, 3.8) is 0 Å². The van der Waals surface area contributed by atoms with E-state index in [1.54, 1.807) is 4.90 Å². The predicted octanol–water partition coefficient (Wildman–Crippen LogP) is 3.97. The highest BCUT2D eigenvalue weighted by atomic mass is 32.2. The van der Waals surface area contributed by atoms with Crippen LogP contribution in [0.5, 0.6) is 5.75 Å². The van der Waals surface area contributed by atoms with Gasteiger partial charge in [-0.15, -0.1) is 0 Å². The summed E-state index contributed by atoms with van der Waals surface area (Å²) in [6, 6.07) is 12.1. The fourth-order valence-electron chi connectivity index (χ4n) is 3.99. The topological polar surface area (TPSA) is 115 Å². The Hall–Kier alpha value is -3.24. The Balaban J connectivity index is 1.48. The molecule has 0 bridgehead atoms. The van der Waals surface area contributed by atoms with E-state index in [-0.39, 0.29) is 28.8 Å². The maximum atomic E-state index is 13.0. The highest BCUT2D eigenvalue weighted by molar-refractivity contribution is 7.89. The lowest BCUT2D eigenvalue weighted by Crippen LogP contribution is -2.36. The molecule has 1 aliphatic heterocycles. The van der Waals surface area contributed by atoms with Gasteiger partial charge >= 0.3 is 0 Å². The van der Waals surface area contributed by atoms with Crippen molar-refractivity contribution in [3.8, 4) is 17.1 Å². The van der Waals surface area contributed by atoms with Crippen molar-refractivity contribution in [1.82, 2.24) is 19.8 Å². The molecule has 0 unspecified atom stereocenters. The fourth-order valence-corrected chi connectivity index (χ4v) is 4.99. The summed E-state index contributed by atoms with van der Waals surface area (Å²) < 4.78 is 39.0. The second-order valence-corrected chi connectivity index (χ2v) is 10.6. The Morgan fingerprint density at radius 1 is 1.11 bits per heavy atom. The average molecular weight is 499 g/mol. The number of hydrogen-bond acceptors (Lipinski definition) is 7. The van der Waals surface area contributed by atoms with Crippen molar-refractivity contribution >= 4 is 15.9 Å². The second-order valence-electron chi connectivity index (χ2n) is 8.83. The first kappa shape index (κ1) is 24.9. The van der Waals surface area contributed by atoms with Crippen LogP contribution in [0.4, 0.5) is 0 Å². The number of aromatic nitrogens is 2. The van der Waals surface area contributed by atoms with Gasteiger partial charge in [0.25, 0.3) is 5.91 Å². The summed E-state index contributed by atoms with van der Waals surface area (Å²) in [5.41, 5.74) is 2.20. The zero-order valence-electron chi connectivity index (χ0n) is 20.2. The molecule has 10 heteroatoms. The molecular formula is C25H30N4O5S. The van der Waals surface area contributed by atoms with Crippen LogP contribution >= 0.6 is 0 Å². The van der Waals surface area contributed by atoms with E-state index in [1.807, 2.05) is 24.3 Å². The van der Waals surface area contributed by atoms with E-state index in [0.29, 0.717) is 30.6 Å². The standard InChI is InChI=1S/C25H30N4O5S/c1-17(2)18-7-9-19(10-8-18)24-27-23(34-28-24)16-26-35(31,32)20-11-12-22(33-3)21(15-20)25(30)29-13-5-4-6-14-29/h7-12,15,17,26H,4-6,13-14,16H2,1-3H3. The van der Waals surface area contributed by atoms with E-state index in [2.05, 4.69) is 28.7 Å². The number of carbonyl (C=O) groups is 1. The number of piperidine rings is 1. The zero-order chi connectivity index (χ0) is 25.0. The number of methoxy groups -OCH3 is 1. The number of hydrogen-bond donors (Lipinski definition) is 1. The van der Waals surface area contributed by atoms with E-state index in [9.17, 15) is 13.2 Å². The molecule has 2 heterocycles. The van der Waals surface area contributed by atoms with Crippen molar-refractivity contribution in [2.24, 2.45) is 0 Å². The third-order valence-electron chi connectivity index (χ3n) is 6.07. The number of benzene rings is 2. The highest BCUT2D eigenvalue weighted by Crippen LogP contribution is 2.26. The number of ether oxygens (including phenoxy) is 1. The van der Waals surface area contributed by atoms with Crippen LogP contribution in [-0.4, -0.2) is 49.6 Å².